The summed E-state index contributed by atoms with van der Waals surface area (Å²) in [5, 5.41) is 3.01. The van der Waals surface area contributed by atoms with E-state index in [0.29, 0.717) is 12.5 Å². The van der Waals surface area contributed by atoms with E-state index in [9.17, 15) is 9.59 Å². The van der Waals surface area contributed by atoms with E-state index in [4.69, 9.17) is 5.73 Å². The maximum atomic E-state index is 12.4. The SMILES string of the molecule is Cl.NC1(C(=O)NC2CCN(C(=O)C3CCCCC3)C2)CC1. The maximum Gasteiger partial charge on any atom is 0.240 e. The summed E-state index contributed by atoms with van der Waals surface area (Å²) >= 11 is 0. The molecule has 0 radical (unpaired) electrons. The predicted molar refractivity (Wildman–Crippen MR) is 83.1 cm³/mol. The number of carbonyl (C=O) groups excluding carboxylic acids is 2. The molecule has 120 valence electrons. The molecule has 0 bridgehead atoms. The van der Waals surface area contributed by atoms with Gasteiger partial charge >= 0.3 is 0 Å². The fraction of sp³-hybridized carbons (Fsp3) is 0.867. The molecule has 1 saturated heterocycles. The van der Waals surface area contributed by atoms with E-state index in [0.717, 1.165) is 38.6 Å². The highest BCUT2D eigenvalue weighted by Gasteiger charge is 2.47. The average Bonchev–Trinajstić information content (AvgIpc) is 3.06. The Bertz CT molecular complexity index is 406. The van der Waals surface area contributed by atoms with E-state index in [-0.39, 0.29) is 30.3 Å². The van der Waals surface area contributed by atoms with Crippen molar-refractivity contribution in [3.8, 4) is 0 Å². The molecule has 2 amide bonds. The van der Waals surface area contributed by atoms with Gasteiger partial charge in [-0.1, -0.05) is 19.3 Å². The molecule has 1 unspecified atom stereocenters. The van der Waals surface area contributed by atoms with Crippen molar-refractivity contribution in [3.05, 3.63) is 0 Å². The Kier molecular flexibility index (Phi) is 5.15. The van der Waals surface area contributed by atoms with Crippen molar-refractivity contribution in [2.75, 3.05) is 13.1 Å². The van der Waals surface area contributed by atoms with Crippen LogP contribution in [-0.4, -0.2) is 41.4 Å². The van der Waals surface area contributed by atoms with Gasteiger partial charge in [0.1, 0.15) is 0 Å². The number of nitrogens with one attached hydrogen (secondary N) is 1. The molecule has 0 aromatic carbocycles. The van der Waals surface area contributed by atoms with Gasteiger partial charge in [0.05, 0.1) is 5.54 Å². The zero-order valence-corrected chi connectivity index (χ0v) is 13.3. The molecule has 0 aromatic rings. The molecule has 21 heavy (non-hydrogen) atoms. The van der Waals surface area contributed by atoms with Crippen LogP contribution in [0.5, 0.6) is 0 Å². The highest BCUT2D eigenvalue weighted by Crippen LogP contribution is 2.32. The third-order valence-electron chi connectivity index (χ3n) is 5.03. The first kappa shape index (κ1) is 16.6. The summed E-state index contributed by atoms with van der Waals surface area (Å²) in [6.07, 6.45) is 8.14. The Morgan fingerprint density at radius 1 is 1.10 bits per heavy atom. The molecular weight excluding hydrogens is 290 g/mol. The van der Waals surface area contributed by atoms with E-state index < -0.39 is 5.54 Å². The Balaban J connectivity index is 0.00000161. The van der Waals surface area contributed by atoms with E-state index in [1.165, 1.54) is 19.3 Å². The second-order valence-electron chi connectivity index (χ2n) is 6.73. The van der Waals surface area contributed by atoms with Crippen molar-refractivity contribution in [1.29, 1.82) is 0 Å². The molecule has 3 aliphatic rings. The van der Waals surface area contributed by atoms with Crippen LogP contribution in [0.1, 0.15) is 51.4 Å². The van der Waals surface area contributed by atoms with Gasteiger partial charge < -0.3 is 16.0 Å². The monoisotopic (exact) mass is 315 g/mol. The molecule has 3 N–H and O–H groups in total. The van der Waals surface area contributed by atoms with Gasteiger partial charge in [-0.25, -0.2) is 0 Å². The molecule has 0 aromatic heterocycles. The molecule has 3 fully saturated rings. The summed E-state index contributed by atoms with van der Waals surface area (Å²) in [5.41, 5.74) is 5.28. The maximum absolute atomic E-state index is 12.4. The number of amides is 2. The van der Waals surface area contributed by atoms with E-state index in [1.54, 1.807) is 0 Å². The number of hydrogen-bond acceptors (Lipinski definition) is 3. The Morgan fingerprint density at radius 2 is 1.76 bits per heavy atom. The smallest absolute Gasteiger partial charge is 0.240 e. The minimum absolute atomic E-state index is 0. The molecule has 2 saturated carbocycles. The molecule has 2 aliphatic carbocycles. The number of nitrogens with zero attached hydrogens (tertiary/aromatic N) is 1. The van der Waals surface area contributed by atoms with E-state index >= 15 is 0 Å². The lowest BCUT2D eigenvalue weighted by Crippen LogP contribution is -2.48. The summed E-state index contributed by atoms with van der Waals surface area (Å²) in [6, 6.07) is 0.0936. The van der Waals surface area contributed by atoms with Crippen molar-refractivity contribution in [2.45, 2.75) is 62.9 Å². The first-order valence-electron chi connectivity index (χ1n) is 7.97. The summed E-state index contributed by atoms with van der Waals surface area (Å²) in [4.78, 5) is 26.3. The average molecular weight is 316 g/mol. The molecule has 1 heterocycles. The molecule has 6 heteroatoms. The van der Waals surface area contributed by atoms with Crippen molar-refractivity contribution >= 4 is 24.2 Å². The van der Waals surface area contributed by atoms with Crippen molar-refractivity contribution < 1.29 is 9.59 Å². The van der Waals surface area contributed by atoms with Crippen molar-refractivity contribution in [1.82, 2.24) is 10.2 Å². The highest BCUT2D eigenvalue weighted by atomic mass is 35.5. The van der Waals surface area contributed by atoms with Gasteiger partial charge in [0.15, 0.2) is 0 Å². The Hall–Kier alpha value is -0.810. The zero-order chi connectivity index (χ0) is 14.2. The fourth-order valence-electron chi connectivity index (χ4n) is 3.38. The molecule has 0 spiro atoms. The molecule has 5 nitrogen and oxygen atoms in total. The van der Waals surface area contributed by atoms with E-state index in [2.05, 4.69) is 5.32 Å². The van der Waals surface area contributed by atoms with Gasteiger partial charge in [-0.15, -0.1) is 12.4 Å². The van der Waals surface area contributed by atoms with Crippen LogP contribution in [0.4, 0.5) is 0 Å². The van der Waals surface area contributed by atoms with Crippen LogP contribution in [-0.2, 0) is 9.59 Å². The minimum Gasteiger partial charge on any atom is -0.350 e. The largest absolute Gasteiger partial charge is 0.350 e. The number of hydrogen-bond donors (Lipinski definition) is 2. The third-order valence-corrected chi connectivity index (χ3v) is 5.03. The number of nitrogens with two attached hydrogens (primary N) is 1. The van der Waals surface area contributed by atoms with Gasteiger partial charge in [-0.2, -0.15) is 0 Å². The number of likely N-dealkylation sites (tertiary alicyclic amines) is 1. The predicted octanol–water partition coefficient (Wildman–Crippen LogP) is 1.20. The third kappa shape index (κ3) is 3.69. The van der Waals surface area contributed by atoms with Gasteiger partial charge in [0.2, 0.25) is 11.8 Å². The second-order valence-corrected chi connectivity index (χ2v) is 6.73. The summed E-state index contributed by atoms with van der Waals surface area (Å²) in [7, 11) is 0. The van der Waals surface area contributed by atoms with Crippen LogP contribution in [0, 0.1) is 5.92 Å². The van der Waals surface area contributed by atoms with E-state index in [1.807, 2.05) is 4.90 Å². The Labute approximate surface area is 132 Å². The molecule has 1 aliphatic heterocycles. The van der Waals surface area contributed by atoms with Crippen molar-refractivity contribution in [2.24, 2.45) is 11.7 Å². The molecule has 3 rings (SSSR count). The fourth-order valence-corrected chi connectivity index (χ4v) is 3.38. The lowest BCUT2D eigenvalue weighted by Gasteiger charge is -2.26. The van der Waals surface area contributed by atoms with Gasteiger partial charge in [0, 0.05) is 25.0 Å². The zero-order valence-electron chi connectivity index (χ0n) is 12.5. The number of halogens is 1. The van der Waals surface area contributed by atoms with Crippen LogP contribution in [0.15, 0.2) is 0 Å². The van der Waals surface area contributed by atoms with Crippen LogP contribution in [0.3, 0.4) is 0 Å². The first-order chi connectivity index (χ1) is 9.58. The number of rotatable bonds is 3. The summed E-state index contributed by atoms with van der Waals surface area (Å²) < 4.78 is 0. The topological polar surface area (TPSA) is 75.4 Å². The Morgan fingerprint density at radius 3 is 2.38 bits per heavy atom. The van der Waals surface area contributed by atoms with Crippen LogP contribution in [0.25, 0.3) is 0 Å². The van der Waals surface area contributed by atoms with Crippen LogP contribution >= 0.6 is 12.4 Å². The van der Waals surface area contributed by atoms with Crippen LogP contribution < -0.4 is 11.1 Å². The van der Waals surface area contributed by atoms with Crippen LogP contribution in [0.2, 0.25) is 0 Å². The number of carbonyl (C=O) groups is 2. The summed E-state index contributed by atoms with van der Waals surface area (Å²) in [6.45, 7) is 1.44. The first-order valence-corrected chi connectivity index (χ1v) is 7.97. The standard InChI is InChI=1S/C15H25N3O2.ClH/c16-15(7-8-15)14(20)17-12-6-9-18(10-12)13(19)11-4-2-1-3-5-11;/h11-12H,1-10,16H2,(H,17,20);1H. The quantitative estimate of drug-likeness (QED) is 0.821. The van der Waals surface area contributed by atoms with Gasteiger partial charge in [-0.05, 0) is 32.1 Å². The normalized spacial score (nSPS) is 27.9. The minimum atomic E-state index is -0.610. The highest BCUT2D eigenvalue weighted by molar-refractivity contribution is 5.89. The van der Waals surface area contributed by atoms with Gasteiger partial charge in [-0.3, -0.25) is 9.59 Å². The molecule has 1 atom stereocenters. The van der Waals surface area contributed by atoms with Gasteiger partial charge in [0.25, 0.3) is 0 Å². The lowest BCUT2D eigenvalue weighted by molar-refractivity contribution is -0.135. The lowest BCUT2D eigenvalue weighted by atomic mass is 9.88. The second kappa shape index (κ2) is 6.53. The molecular formula is C15H26ClN3O2. The summed E-state index contributed by atoms with van der Waals surface area (Å²) in [5.74, 6) is 0.493. The van der Waals surface area contributed by atoms with Crippen molar-refractivity contribution in [3.63, 3.8) is 0 Å².